The van der Waals surface area contributed by atoms with Crippen molar-refractivity contribution in [2.75, 3.05) is 13.7 Å². The van der Waals surface area contributed by atoms with Crippen LogP contribution in [0.1, 0.15) is 11.5 Å². The molecular formula is C11H11NO2. The van der Waals surface area contributed by atoms with Gasteiger partial charge in [-0.05, 0) is 5.56 Å². The number of carbonyl (C=O) groups is 1. The van der Waals surface area contributed by atoms with Crippen LogP contribution < -0.4 is 0 Å². The number of Topliss-reactive ketones (excluding diaryl/α,β-unsaturated/α-hetero) is 1. The molecule has 0 radical (unpaired) electrons. The van der Waals surface area contributed by atoms with Gasteiger partial charge in [-0.2, -0.15) is 5.26 Å². The van der Waals surface area contributed by atoms with Gasteiger partial charge >= 0.3 is 0 Å². The van der Waals surface area contributed by atoms with E-state index in [0.29, 0.717) is 0 Å². The Morgan fingerprint density at radius 1 is 1.50 bits per heavy atom. The summed E-state index contributed by atoms with van der Waals surface area (Å²) in [6.45, 7) is -0.0207. The number of hydrogen-bond donors (Lipinski definition) is 0. The third-order valence-corrected chi connectivity index (χ3v) is 1.87. The van der Waals surface area contributed by atoms with Crippen LogP contribution in [0.25, 0.3) is 0 Å². The van der Waals surface area contributed by atoms with Gasteiger partial charge in [0.2, 0.25) is 0 Å². The largest absolute Gasteiger partial charge is 0.377 e. The van der Waals surface area contributed by atoms with Crippen LogP contribution in [0.15, 0.2) is 30.3 Å². The zero-order valence-corrected chi connectivity index (χ0v) is 7.93. The molecule has 0 heterocycles. The summed E-state index contributed by atoms with van der Waals surface area (Å²) in [7, 11) is 1.44. The standard InChI is InChI=1S/C11H11NO2/c1-14-8-11(13)10(7-12)9-5-3-2-4-6-9/h2-6,10H,8H2,1H3. The number of nitriles is 1. The molecule has 1 aromatic carbocycles. The Morgan fingerprint density at radius 2 is 2.14 bits per heavy atom. The molecular weight excluding hydrogens is 178 g/mol. The van der Waals surface area contributed by atoms with Crippen LogP contribution in [0.5, 0.6) is 0 Å². The molecule has 0 spiro atoms. The maximum atomic E-state index is 11.4. The monoisotopic (exact) mass is 189 g/mol. The predicted octanol–water partition coefficient (Wildman–Crippen LogP) is 1.51. The third-order valence-electron chi connectivity index (χ3n) is 1.87. The van der Waals surface area contributed by atoms with Gasteiger partial charge in [0, 0.05) is 7.11 Å². The lowest BCUT2D eigenvalue weighted by Gasteiger charge is -2.06. The van der Waals surface area contributed by atoms with E-state index < -0.39 is 5.92 Å². The first-order valence-electron chi connectivity index (χ1n) is 4.25. The van der Waals surface area contributed by atoms with E-state index >= 15 is 0 Å². The molecule has 0 aliphatic carbocycles. The summed E-state index contributed by atoms with van der Waals surface area (Å²) in [4.78, 5) is 11.4. The molecule has 0 amide bonds. The van der Waals surface area contributed by atoms with Crippen molar-refractivity contribution in [3.8, 4) is 6.07 Å². The average molecular weight is 189 g/mol. The van der Waals surface area contributed by atoms with Gasteiger partial charge in [0.15, 0.2) is 5.78 Å². The normalized spacial score (nSPS) is 11.7. The zero-order chi connectivity index (χ0) is 10.4. The molecule has 0 aliphatic heterocycles. The molecule has 1 atom stereocenters. The minimum atomic E-state index is -0.712. The molecule has 72 valence electrons. The molecule has 0 aliphatic rings. The van der Waals surface area contributed by atoms with Crippen LogP contribution in [0, 0.1) is 11.3 Å². The van der Waals surface area contributed by atoms with Crippen LogP contribution in [0.4, 0.5) is 0 Å². The maximum absolute atomic E-state index is 11.4. The van der Waals surface area contributed by atoms with E-state index in [1.807, 2.05) is 12.1 Å². The van der Waals surface area contributed by atoms with Crippen LogP contribution in [0.3, 0.4) is 0 Å². The molecule has 1 aromatic rings. The Balaban J connectivity index is 2.84. The summed E-state index contributed by atoms with van der Waals surface area (Å²) in [5, 5.41) is 8.85. The van der Waals surface area contributed by atoms with E-state index in [4.69, 9.17) is 10.00 Å². The van der Waals surface area contributed by atoms with Crippen LogP contribution in [-0.2, 0) is 9.53 Å². The second kappa shape index (κ2) is 5.15. The van der Waals surface area contributed by atoms with E-state index in [2.05, 4.69) is 0 Å². The second-order valence-corrected chi connectivity index (χ2v) is 2.87. The lowest BCUT2D eigenvalue weighted by molar-refractivity contribution is -0.122. The van der Waals surface area contributed by atoms with Crippen molar-refractivity contribution >= 4 is 5.78 Å². The Morgan fingerprint density at radius 3 is 2.64 bits per heavy atom. The number of nitrogens with zero attached hydrogens (tertiary/aromatic N) is 1. The lowest BCUT2D eigenvalue weighted by atomic mass is 9.97. The maximum Gasteiger partial charge on any atom is 0.179 e. The summed E-state index contributed by atoms with van der Waals surface area (Å²) in [5.74, 6) is -0.919. The quantitative estimate of drug-likeness (QED) is 0.721. The number of ketones is 1. The SMILES string of the molecule is COCC(=O)C(C#N)c1ccccc1. The number of rotatable bonds is 4. The summed E-state index contributed by atoms with van der Waals surface area (Å²) in [6.07, 6.45) is 0. The van der Waals surface area contributed by atoms with Gasteiger partial charge in [0.1, 0.15) is 12.5 Å². The minimum absolute atomic E-state index is 0.0207. The highest BCUT2D eigenvalue weighted by Crippen LogP contribution is 2.15. The first-order valence-corrected chi connectivity index (χ1v) is 4.25. The van der Waals surface area contributed by atoms with Crippen molar-refractivity contribution in [1.29, 1.82) is 5.26 Å². The summed E-state index contributed by atoms with van der Waals surface area (Å²) in [6, 6.07) is 11.0. The van der Waals surface area contributed by atoms with E-state index in [0.717, 1.165) is 5.56 Å². The fraction of sp³-hybridized carbons (Fsp3) is 0.273. The molecule has 3 nitrogen and oxygen atoms in total. The molecule has 1 rings (SSSR count). The topological polar surface area (TPSA) is 50.1 Å². The second-order valence-electron chi connectivity index (χ2n) is 2.87. The fourth-order valence-electron chi connectivity index (χ4n) is 1.20. The van der Waals surface area contributed by atoms with Gasteiger partial charge in [0.05, 0.1) is 6.07 Å². The molecule has 0 saturated carbocycles. The number of ether oxygens (including phenoxy) is 1. The average Bonchev–Trinajstić information content (AvgIpc) is 2.21. The van der Waals surface area contributed by atoms with E-state index in [-0.39, 0.29) is 12.4 Å². The van der Waals surface area contributed by atoms with Gasteiger partial charge in [-0.15, -0.1) is 0 Å². The van der Waals surface area contributed by atoms with Gasteiger partial charge in [-0.1, -0.05) is 30.3 Å². The van der Waals surface area contributed by atoms with Crippen molar-refractivity contribution in [3.05, 3.63) is 35.9 Å². The first-order chi connectivity index (χ1) is 6.79. The van der Waals surface area contributed by atoms with Crippen molar-refractivity contribution < 1.29 is 9.53 Å². The van der Waals surface area contributed by atoms with Crippen LogP contribution in [0.2, 0.25) is 0 Å². The van der Waals surface area contributed by atoms with Crippen molar-refractivity contribution in [2.24, 2.45) is 0 Å². The number of hydrogen-bond acceptors (Lipinski definition) is 3. The molecule has 0 aromatic heterocycles. The van der Waals surface area contributed by atoms with E-state index in [1.54, 1.807) is 24.3 Å². The first kappa shape index (κ1) is 10.4. The number of carbonyl (C=O) groups excluding carboxylic acids is 1. The van der Waals surface area contributed by atoms with Gasteiger partial charge in [-0.3, -0.25) is 4.79 Å². The molecule has 14 heavy (non-hydrogen) atoms. The smallest absolute Gasteiger partial charge is 0.179 e. The van der Waals surface area contributed by atoms with E-state index in [1.165, 1.54) is 7.11 Å². The highest BCUT2D eigenvalue weighted by Gasteiger charge is 2.18. The Hall–Kier alpha value is -1.66. The molecule has 0 N–H and O–H groups in total. The Bertz CT molecular complexity index is 340. The number of benzene rings is 1. The lowest BCUT2D eigenvalue weighted by Crippen LogP contribution is -2.15. The van der Waals surface area contributed by atoms with Gasteiger partial charge in [-0.25, -0.2) is 0 Å². The molecule has 3 heteroatoms. The summed E-state index contributed by atoms with van der Waals surface area (Å²) in [5.41, 5.74) is 0.719. The molecule has 0 bridgehead atoms. The Kier molecular flexibility index (Phi) is 3.84. The minimum Gasteiger partial charge on any atom is -0.377 e. The fourth-order valence-corrected chi connectivity index (χ4v) is 1.20. The molecule has 0 saturated heterocycles. The van der Waals surface area contributed by atoms with Crippen molar-refractivity contribution in [2.45, 2.75) is 5.92 Å². The molecule has 1 unspecified atom stereocenters. The predicted molar refractivity (Wildman–Crippen MR) is 51.7 cm³/mol. The highest BCUT2D eigenvalue weighted by molar-refractivity contribution is 5.89. The Labute approximate surface area is 82.9 Å². The highest BCUT2D eigenvalue weighted by atomic mass is 16.5. The summed E-state index contributed by atoms with van der Waals surface area (Å²) < 4.78 is 4.71. The van der Waals surface area contributed by atoms with Crippen LogP contribution >= 0.6 is 0 Å². The zero-order valence-electron chi connectivity index (χ0n) is 7.93. The van der Waals surface area contributed by atoms with Crippen molar-refractivity contribution in [1.82, 2.24) is 0 Å². The number of methoxy groups -OCH3 is 1. The van der Waals surface area contributed by atoms with Gasteiger partial charge in [0.25, 0.3) is 0 Å². The summed E-state index contributed by atoms with van der Waals surface area (Å²) >= 11 is 0. The molecule has 0 fully saturated rings. The van der Waals surface area contributed by atoms with E-state index in [9.17, 15) is 4.79 Å². The third kappa shape index (κ3) is 2.41. The van der Waals surface area contributed by atoms with Crippen molar-refractivity contribution in [3.63, 3.8) is 0 Å². The van der Waals surface area contributed by atoms with Crippen LogP contribution in [-0.4, -0.2) is 19.5 Å². The van der Waals surface area contributed by atoms with Gasteiger partial charge < -0.3 is 4.74 Å².